The molecule has 1 saturated heterocycles. The van der Waals surface area contributed by atoms with Gasteiger partial charge in [0.15, 0.2) is 0 Å². The van der Waals surface area contributed by atoms with E-state index in [9.17, 15) is 5.11 Å². The summed E-state index contributed by atoms with van der Waals surface area (Å²) in [4.78, 5) is 8.90. The minimum atomic E-state index is -0.441. The molecule has 7 heteroatoms. The molecule has 3 aromatic rings. The summed E-state index contributed by atoms with van der Waals surface area (Å²) in [5, 5.41) is 19.5. The maximum atomic E-state index is 9.98. The average Bonchev–Trinajstić information content (AvgIpc) is 3.22. The van der Waals surface area contributed by atoms with Crippen LogP contribution in [-0.2, 0) is 0 Å². The number of nitrogens with one attached hydrogen (secondary N) is 3. The van der Waals surface area contributed by atoms with Crippen LogP contribution in [0.5, 0.6) is 5.75 Å². The third-order valence-corrected chi connectivity index (χ3v) is 5.41. The van der Waals surface area contributed by atoms with Gasteiger partial charge in [-0.1, -0.05) is 30.3 Å². The molecule has 0 aliphatic carbocycles. The highest BCUT2D eigenvalue weighted by Crippen LogP contribution is 2.27. The number of hydrogen-bond acceptors (Lipinski definition) is 7. The average molecular weight is 420 g/mol. The van der Waals surface area contributed by atoms with Crippen LogP contribution in [0.3, 0.4) is 0 Å². The SMILES string of the molecule is CNCC[C@H](Oc1ccc(-c2ccnc(N[C@H]3CNC[C@@H]3O)n2)cc1)c1ccccc1. The molecule has 0 saturated carbocycles. The number of aliphatic hydroxyl groups excluding tert-OH is 1. The fourth-order valence-corrected chi connectivity index (χ4v) is 3.67. The Labute approximate surface area is 182 Å². The number of benzene rings is 2. The highest BCUT2D eigenvalue weighted by molar-refractivity contribution is 5.61. The van der Waals surface area contributed by atoms with Gasteiger partial charge >= 0.3 is 0 Å². The Morgan fingerprint density at radius 3 is 2.61 bits per heavy atom. The van der Waals surface area contributed by atoms with Gasteiger partial charge in [-0.25, -0.2) is 9.97 Å². The van der Waals surface area contributed by atoms with E-state index in [0.29, 0.717) is 19.0 Å². The molecule has 0 unspecified atom stereocenters. The van der Waals surface area contributed by atoms with Crippen LogP contribution in [0.1, 0.15) is 18.1 Å². The van der Waals surface area contributed by atoms with E-state index in [4.69, 9.17) is 4.74 Å². The molecule has 2 heterocycles. The van der Waals surface area contributed by atoms with Crippen LogP contribution in [0.2, 0.25) is 0 Å². The van der Waals surface area contributed by atoms with E-state index in [1.165, 1.54) is 0 Å². The Kier molecular flexibility index (Phi) is 7.09. The third-order valence-electron chi connectivity index (χ3n) is 5.41. The Hall–Kier alpha value is -3.00. The topological polar surface area (TPSA) is 91.3 Å². The van der Waals surface area contributed by atoms with Crippen LogP contribution < -0.4 is 20.7 Å². The summed E-state index contributed by atoms with van der Waals surface area (Å²) in [5.41, 5.74) is 2.96. The van der Waals surface area contributed by atoms with Crippen LogP contribution in [0.25, 0.3) is 11.3 Å². The first-order valence-electron chi connectivity index (χ1n) is 10.7. The summed E-state index contributed by atoms with van der Waals surface area (Å²) in [6, 6.07) is 20.0. The number of β-amino-alcohol motifs (C(OH)–C–C–N with tert-alkyl or cyclic N) is 1. The lowest BCUT2D eigenvalue weighted by molar-refractivity contribution is 0.185. The fraction of sp³-hybridized carbons (Fsp3) is 0.333. The van der Waals surface area contributed by atoms with Crippen molar-refractivity contribution in [1.82, 2.24) is 20.6 Å². The molecule has 0 amide bonds. The largest absolute Gasteiger partial charge is 0.486 e. The maximum Gasteiger partial charge on any atom is 0.223 e. The van der Waals surface area contributed by atoms with E-state index in [2.05, 4.69) is 38.1 Å². The van der Waals surface area contributed by atoms with Crippen molar-refractivity contribution in [1.29, 1.82) is 0 Å². The number of hydrogen-bond donors (Lipinski definition) is 4. The second-order valence-corrected chi connectivity index (χ2v) is 7.68. The molecule has 3 atom stereocenters. The first-order valence-corrected chi connectivity index (χ1v) is 10.7. The van der Waals surface area contributed by atoms with E-state index in [1.807, 2.05) is 55.6 Å². The zero-order chi connectivity index (χ0) is 21.5. The number of nitrogens with zero attached hydrogens (tertiary/aromatic N) is 2. The molecule has 0 bridgehead atoms. The normalized spacial score (nSPS) is 19.2. The molecule has 4 rings (SSSR count). The van der Waals surface area contributed by atoms with Crippen LogP contribution in [0, 0.1) is 0 Å². The lowest BCUT2D eigenvalue weighted by Crippen LogP contribution is -2.32. The number of ether oxygens (including phenoxy) is 1. The van der Waals surface area contributed by atoms with Gasteiger partial charge in [0.2, 0.25) is 5.95 Å². The zero-order valence-electron chi connectivity index (χ0n) is 17.7. The lowest BCUT2D eigenvalue weighted by Gasteiger charge is -2.20. The van der Waals surface area contributed by atoms with E-state index in [-0.39, 0.29) is 12.1 Å². The van der Waals surface area contributed by atoms with Gasteiger partial charge in [-0.05, 0) is 49.5 Å². The van der Waals surface area contributed by atoms with Crippen molar-refractivity contribution in [3.63, 3.8) is 0 Å². The Balaban J connectivity index is 1.45. The molecule has 31 heavy (non-hydrogen) atoms. The standard InChI is InChI=1S/C24H29N5O2/c1-25-13-12-23(18-5-3-2-4-6-18)31-19-9-7-17(8-10-19)20-11-14-27-24(28-20)29-21-15-26-16-22(21)30/h2-11,14,21-23,25-26,30H,12-13,15-16H2,1H3,(H,27,28,29)/t21-,22-,23-/m0/s1. The first kappa shape index (κ1) is 21.2. The van der Waals surface area contributed by atoms with Crippen molar-refractivity contribution >= 4 is 5.95 Å². The second-order valence-electron chi connectivity index (χ2n) is 7.68. The molecule has 1 fully saturated rings. The van der Waals surface area contributed by atoms with Gasteiger partial charge in [-0.15, -0.1) is 0 Å². The quantitative estimate of drug-likeness (QED) is 0.424. The van der Waals surface area contributed by atoms with E-state index in [0.717, 1.165) is 35.5 Å². The maximum absolute atomic E-state index is 9.98. The number of rotatable bonds is 9. The van der Waals surface area contributed by atoms with Crippen molar-refractivity contribution in [2.75, 3.05) is 32.0 Å². The molecule has 4 N–H and O–H groups in total. The molecular formula is C24H29N5O2. The molecule has 162 valence electrons. The summed E-state index contributed by atoms with van der Waals surface area (Å²) in [5.74, 6) is 1.34. The van der Waals surface area contributed by atoms with Gasteiger partial charge in [-0.2, -0.15) is 0 Å². The summed E-state index contributed by atoms with van der Waals surface area (Å²) in [6.07, 6.45) is 2.16. The molecular weight excluding hydrogens is 390 g/mol. The minimum Gasteiger partial charge on any atom is -0.486 e. The van der Waals surface area contributed by atoms with Crippen LogP contribution >= 0.6 is 0 Å². The van der Waals surface area contributed by atoms with Crippen molar-refractivity contribution in [2.45, 2.75) is 24.7 Å². The summed E-state index contributed by atoms with van der Waals surface area (Å²) >= 11 is 0. The van der Waals surface area contributed by atoms with Crippen LogP contribution in [-0.4, -0.2) is 53.9 Å². The van der Waals surface area contributed by atoms with E-state index < -0.39 is 6.10 Å². The van der Waals surface area contributed by atoms with Gasteiger partial charge in [0.05, 0.1) is 17.8 Å². The smallest absolute Gasteiger partial charge is 0.223 e. The Morgan fingerprint density at radius 1 is 1.10 bits per heavy atom. The van der Waals surface area contributed by atoms with Crippen molar-refractivity contribution < 1.29 is 9.84 Å². The minimum absolute atomic E-state index is 0.0131. The van der Waals surface area contributed by atoms with Gasteiger partial charge in [0.1, 0.15) is 11.9 Å². The second kappa shape index (κ2) is 10.3. The molecule has 1 aliphatic rings. The zero-order valence-corrected chi connectivity index (χ0v) is 17.7. The highest BCUT2D eigenvalue weighted by Gasteiger charge is 2.25. The van der Waals surface area contributed by atoms with Crippen molar-refractivity contribution in [2.24, 2.45) is 0 Å². The highest BCUT2D eigenvalue weighted by atomic mass is 16.5. The number of anilines is 1. The summed E-state index contributed by atoms with van der Waals surface area (Å²) < 4.78 is 6.30. The molecule has 0 spiro atoms. The van der Waals surface area contributed by atoms with Crippen molar-refractivity contribution in [3.8, 4) is 17.0 Å². The first-order chi connectivity index (χ1) is 15.2. The van der Waals surface area contributed by atoms with Crippen LogP contribution in [0.15, 0.2) is 66.9 Å². The Bertz CT molecular complexity index is 952. The van der Waals surface area contributed by atoms with Gasteiger partial charge < -0.3 is 25.8 Å². The predicted octanol–water partition coefficient (Wildman–Crippen LogP) is 2.62. The van der Waals surface area contributed by atoms with Gasteiger partial charge in [-0.3, -0.25) is 0 Å². The third kappa shape index (κ3) is 5.58. The molecule has 2 aromatic carbocycles. The van der Waals surface area contributed by atoms with Gasteiger partial charge in [0, 0.05) is 31.3 Å². The lowest BCUT2D eigenvalue weighted by atomic mass is 10.1. The van der Waals surface area contributed by atoms with Crippen molar-refractivity contribution in [3.05, 3.63) is 72.4 Å². The monoisotopic (exact) mass is 419 g/mol. The molecule has 1 aromatic heterocycles. The summed E-state index contributed by atoms with van der Waals surface area (Å²) in [7, 11) is 1.95. The number of aromatic nitrogens is 2. The number of aliphatic hydroxyl groups is 1. The van der Waals surface area contributed by atoms with E-state index >= 15 is 0 Å². The molecule has 0 radical (unpaired) electrons. The van der Waals surface area contributed by atoms with Crippen LogP contribution in [0.4, 0.5) is 5.95 Å². The molecule has 1 aliphatic heterocycles. The predicted molar refractivity (Wildman–Crippen MR) is 122 cm³/mol. The Morgan fingerprint density at radius 2 is 1.90 bits per heavy atom. The van der Waals surface area contributed by atoms with Gasteiger partial charge in [0.25, 0.3) is 0 Å². The fourth-order valence-electron chi connectivity index (χ4n) is 3.67. The van der Waals surface area contributed by atoms with E-state index in [1.54, 1.807) is 6.20 Å². The molecule has 7 nitrogen and oxygen atoms in total. The summed E-state index contributed by atoms with van der Waals surface area (Å²) in [6.45, 7) is 2.15.